The summed E-state index contributed by atoms with van der Waals surface area (Å²) in [6, 6.07) is 6.17. The van der Waals surface area contributed by atoms with Gasteiger partial charge in [0.2, 0.25) is 0 Å². The van der Waals surface area contributed by atoms with E-state index >= 15 is 0 Å². The minimum Gasteiger partial charge on any atom is -0.488 e. The Hall–Kier alpha value is -1.44. The van der Waals surface area contributed by atoms with E-state index in [2.05, 4.69) is 79.7 Å². The van der Waals surface area contributed by atoms with Crippen molar-refractivity contribution in [3.8, 4) is 11.5 Å². The summed E-state index contributed by atoms with van der Waals surface area (Å²) in [5, 5.41) is 0. The van der Waals surface area contributed by atoms with Gasteiger partial charge in [-0.1, -0.05) is 78.7 Å². The number of benzene rings is 1. The van der Waals surface area contributed by atoms with Crippen molar-refractivity contribution in [2.75, 3.05) is 0 Å². The van der Waals surface area contributed by atoms with Crippen LogP contribution in [0.5, 0.6) is 11.5 Å². The van der Waals surface area contributed by atoms with E-state index in [1.54, 1.807) is 0 Å². The van der Waals surface area contributed by atoms with Crippen LogP contribution in [0.4, 0.5) is 0 Å². The summed E-state index contributed by atoms with van der Waals surface area (Å²) in [6.45, 7) is 18.0. The maximum absolute atomic E-state index is 6.41. The van der Waals surface area contributed by atoms with Gasteiger partial charge in [-0.15, -0.1) is 0 Å². The number of hydrogen-bond acceptors (Lipinski definition) is 2. The Balaban J connectivity index is 1.69. The Morgan fingerprint density at radius 3 is 2.06 bits per heavy atom. The second kappa shape index (κ2) is 12.1. The minimum atomic E-state index is -0.204. The normalized spacial score (nSPS) is 20.0. The molecule has 0 spiro atoms. The van der Waals surface area contributed by atoms with E-state index < -0.39 is 0 Å². The quantitative estimate of drug-likeness (QED) is 0.303. The molecule has 1 aromatic rings. The molecule has 1 aromatic carbocycles. The van der Waals surface area contributed by atoms with Gasteiger partial charge in [0.15, 0.2) is 0 Å². The van der Waals surface area contributed by atoms with Crippen LogP contribution in [0.2, 0.25) is 0 Å². The van der Waals surface area contributed by atoms with Gasteiger partial charge < -0.3 is 9.47 Å². The third kappa shape index (κ3) is 10.0. The van der Waals surface area contributed by atoms with E-state index in [-0.39, 0.29) is 11.2 Å². The molecule has 0 aromatic heterocycles. The molecule has 0 aliphatic carbocycles. The monoisotopic (exact) mass is 442 g/mol. The Kier molecular flexibility index (Phi) is 10.2. The zero-order valence-electron chi connectivity index (χ0n) is 22.3. The Bertz CT molecular complexity index is 712. The van der Waals surface area contributed by atoms with Crippen molar-refractivity contribution >= 4 is 6.08 Å². The summed E-state index contributed by atoms with van der Waals surface area (Å²) in [6.07, 6.45) is 16.3. The second-order valence-corrected chi connectivity index (χ2v) is 12.0. The first-order valence-electron chi connectivity index (χ1n) is 13.2. The molecule has 0 N–H and O–H groups in total. The van der Waals surface area contributed by atoms with E-state index in [4.69, 9.17) is 9.47 Å². The molecule has 1 heterocycles. The molecule has 182 valence electrons. The van der Waals surface area contributed by atoms with Crippen molar-refractivity contribution in [3.05, 3.63) is 29.8 Å². The average Bonchev–Trinajstić information content (AvgIpc) is 2.66. The third-order valence-corrected chi connectivity index (χ3v) is 6.61. The molecule has 0 saturated carbocycles. The zero-order valence-corrected chi connectivity index (χ0v) is 22.3. The van der Waals surface area contributed by atoms with Crippen LogP contribution in [-0.2, 0) is 0 Å². The fraction of sp³-hybridized carbons (Fsp3) is 0.733. The van der Waals surface area contributed by atoms with E-state index in [0.717, 1.165) is 41.2 Å². The summed E-state index contributed by atoms with van der Waals surface area (Å²) in [5.41, 5.74) is 0.717. The molecule has 0 amide bonds. The molecule has 0 bridgehead atoms. The number of ether oxygens (including phenoxy) is 2. The van der Waals surface area contributed by atoms with Crippen molar-refractivity contribution in [3.63, 3.8) is 0 Å². The maximum atomic E-state index is 6.41. The van der Waals surface area contributed by atoms with E-state index in [1.807, 2.05) is 6.07 Å². The number of hydrogen-bond donors (Lipinski definition) is 0. The predicted molar refractivity (Wildman–Crippen MR) is 140 cm³/mol. The van der Waals surface area contributed by atoms with Crippen LogP contribution in [0.15, 0.2) is 24.3 Å². The average molecular weight is 443 g/mol. The second-order valence-electron chi connectivity index (χ2n) is 12.0. The van der Waals surface area contributed by atoms with Crippen molar-refractivity contribution in [1.29, 1.82) is 0 Å². The minimum absolute atomic E-state index is 0.190. The van der Waals surface area contributed by atoms with Gasteiger partial charge in [-0.3, -0.25) is 0 Å². The van der Waals surface area contributed by atoms with Gasteiger partial charge in [-0.25, -0.2) is 0 Å². The van der Waals surface area contributed by atoms with Crippen molar-refractivity contribution in [1.82, 2.24) is 0 Å². The van der Waals surface area contributed by atoms with Crippen LogP contribution in [0.3, 0.4) is 0 Å². The lowest BCUT2D eigenvalue weighted by molar-refractivity contribution is 0.119. The van der Waals surface area contributed by atoms with Crippen LogP contribution in [-0.4, -0.2) is 11.2 Å². The highest BCUT2D eigenvalue weighted by Gasteiger charge is 2.27. The smallest absolute Gasteiger partial charge is 0.128 e. The molecule has 0 radical (unpaired) electrons. The highest BCUT2D eigenvalue weighted by molar-refractivity contribution is 5.62. The summed E-state index contributed by atoms with van der Waals surface area (Å²) in [5.74, 6) is 4.40. The predicted octanol–water partition coefficient (Wildman–Crippen LogP) is 9.47. The van der Waals surface area contributed by atoms with Crippen molar-refractivity contribution < 1.29 is 9.47 Å². The van der Waals surface area contributed by atoms with Gasteiger partial charge in [0.1, 0.15) is 22.7 Å². The van der Waals surface area contributed by atoms with Gasteiger partial charge in [0.25, 0.3) is 0 Å². The van der Waals surface area contributed by atoms with Crippen LogP contribution in [0.1, 0.15) is 119 Å². The van der Waals surface area contributed by atoms with Crippen LogP contribution < -0.4 is 9.47 Å². The fourth-order valence-electron chi connectivity index (χ4n) is 4.63. The summed E-state index contributed by atoms with van der Waals surface area (Å²) < 4.78 is 12.4. The number of fused-ring (bicyclic) bond motifs is 1. The first-order chi connectivity index (χ1) is 15.0. The maximum Gasteiger partial charge on any atom is 0.128 e. The SMILES string of the molecule is CC(C)CCC[C@@H](C)CCC[C@@H](C)CCCC1(C)C=Cc2cc(OC(C)(C)C)ccc2O1. The lowest BCUT2D eigenvalue weighted by Gasteiger charge is -2.32. The molecule has 0 fully saturated rings. The van der Waals surface area contributed by atoms with Gasteiger partial charge >= 0.3 is 0 Å². The van der Waals surface area contributed by atoms with Gasteiger partial charge in [0, 0.05) is 5.56 Å². The Labute approximate surface area is 199 Å². The summed E-state index contributed by atoms with van der Waals surface area (Å²) in [7, 11) is 0. The van der Waals surface area contributed by atoms with E-state index in [0.29, 0.717) is 0 Å². The van der Waals surface area contributed by atoms with Gasteiger partial charge in [0.05, 0.1) is 0 Å². The van der Waals surface area contributed by atoms with Crippen LogP contribution in [0.25, 0.3) is 6.08 Å². The highest BCUT2D eigenvalue weighted by atomic mass is 16.5. The van der Waals surface area contributed by atoms with E-state index in [1.165, 1.54) is 51.4 Å². The first-order valence-corrected chi connectivity index (χ1v) is 13.2. The van der Waals surface area contributed by atoms with Gasteiger partial charge in [-0.05, 0) is 82.6 Å². The molecule has 0 saturated heterocycles. The Morgan fingerprint density at radius 2 is 1.47 bits per heavy atom. The Morgan fingerprint density at radius 1 is 0.875 bits per heavy atom. The molecule has 3 atom stereocenters. The molecule has 2 nitrogen and oxygen atoms in total. The molecular formula is C30H50O2. The topological polar surface area (TPSA) is 18.5 Å². The fourth-order valence-corrected chi connectivity index (χ4v) is 4.63. The molecule has 1 aliphatic rings. The van der Waals surface area contributed by atoms with Crippen LogP contribution >= 0.6 is 0 Å². The van der Waals surface area contributed by atoms with Gasteiger partial charge in [-0.2, -0.15) is 0 Å². The summed E-state index contributed by atoms with van der Waals surface area (Å²) >= 11 is 0. The van der Waals surface area contributed by atoms with E-state index in [9.17, 15) is 0 Å². The third-order valence-electron chi connectivity index (χ3n) is 6.61. The molecule has 32 heavy (non-hydrogen) atoms. The van der Waals surface area contributed by atoms with Crippen molar-refractivity contribution in [2.24, 2.45) is 17.8 Å². The summed E-state index contributed by atoms with van der Waals surface area (Å²) in [4.78, 5) is 0. The molecule has 2 rings (SSSR count). The lowest BCUT2D eigenvalue weighted by atomic mass is 9.89. The first kappa shape index (κ1) is 26.8. The number of rotatable bonds is 13. The molecule has 1 unspecified atom stereocenters. The lowest BCUT2D eigenvalue weighted by Crippen LogP contribution is -2.32. The molecule has 2 heteroatoms. The largest absolute Gasteiger partial charge is 0.488 e. The highest BCUT2D eigenvalue weighted by Crippen LogP contribution is 2.36. The standard InChI is InChI=1S/C30H50O2/c1-23(2)12-9-13-24(3)14-10-15-25(4)16-11-20-30(8)21-19-26-22-27(31-29(5,6)7)17-18-28(26)32-30/h17-19,21-25H,9-16,20H2,1-8H3/t24-,25-,30?/m1/s1. The zero-order chi connectivity index (χ0) is 23.8. The molecular weight excluding hydrogens is 392 g/mol. The molecule has 1 aliphatic heterocycles. The van der Waals surface area contributed by atoms with Crippen LogP contribution in [0, 0.1) is 17.8 Å². The van der Waals surface area contributed by atoms with Crippen molar-refractivity contribution in [2.45, 2.75) is 124 Å².